The van der Waals surface area contributed by atoms with Crippen LogP contribution in [0.3, 0.4) is 0 Å². The number of rotatable bonds is 0. The monoisotopic (exact) mass is 154 g/mol. The van der Waals surface area contributed by atoms with Gasteiger partial charge in [0.1, 0.15) is 6.26 Å². The number of aromatic nitrogens is 1. The number of nitrogens with zero attached hydrogens (tertiary/aromatic N) is 1. The van der Waals surface area contributed by atoms with E-state index < -0.39 is 7.69 Å². The first-order valence-corrected chi connectivity index (χ1v) is 1.79. The van der Waals surface area contributed by atoms with Crippen molar-refractivity contribution in [1.29, 1.82) is 0 Å². The van der Waals surface area contributed by atoms with Crippen LogP contribution in [0.1, 0.15) is 0 Å². The zero-order chi connectivity index (χ0) is 6.24. The zero-order valence-corrected chi connectivity index (χ0v) is 6.60. The second-order valence-electron chi connectivity index (χ2n) is 0.772. The Morgan fingerprint density at radius 1 is 1.40 bits per heavy atom. The zero-order valence-electron chi connectivity index (χ0n) is 5.19. The molecular formula is C3H5BMgNO4. The maximum absolute atomic E-state index is 8.25. The maximum Gasteiger partial charge on any atom is 2.00 e. The van der Waals surface area contributed by atoms with Crippen molar-refractivity contribution in [3.8, 4) is 0 Å². The molecule has 1 radical (unpaired) electrons. The van der Waals surface area contributed by atoms with Gasteiger partial charge in [0, 0.05) is 0 Å². The van der Waals surface area contributed by atoms with Gasteiger partial charge in [0.2, 0.25) is 0 Å². The Hall–Kier alpha value is -0.0788. The third-order valence-electron chi connectivity index (χ3n) is 0.347. The van der Waals surface area contributed by atoms with Crippen LogP contribution in [0.5, 0.6) is 0 Å². The van der Waals surface area contributed by atoms with Crippen LogP contribution in [-0.4, -0.2) is 41.2 Å². The van der Waals surface area contributed by atoms with Gasteiger partial charge in [0.25, 0.3) is 0 Å². The molecule has 0 saturated heterocycles. The van der Waals surface area contributed by atoms with Gasteiger partial charge in [-0.2, -0.15) is 0 Å². The molecule has 0 bridgehead atoms. The molecule has 5 nitrogen and oxygen atoms in total. The molecule has 0 fully saturated rings. The fourth-order valence-electron chi connectivity index (χ4n) is 0.176. The number of hydrogen-bond donors (Lipinski definition) is 0. The van der Waals surface area contributed by atoms with Crippen LogP contribution in [0, 0.1) is 0 Å². The van der Waals surface area contributed by atoms with Crippen LogP contribution < -0.4 is 10.0 Å². The first-order chi connectivity index (χ1) is 3.91. The van der Waals surface area contributed by atoms with Crippen LogP contribution in [0.15, 0.2) is 23.3 Å². The van der Waals surface area contributed by atoms with E-state index in [-0.39, 0.29) is 28.5 Å². The molecule has 10 heavy (non-hydrogen) atoms. The van der Waals surface area contributed by atoms with Gasteiger partial charge < -0.3 is 19.9 Å². The minimum Gasteiger partial charge on any atom is -0.900 e. The Bertz CT molecular complexity index is 87.4. The van der Waals surface area contributed by atoms with E-state index >= 15 is 0 Å². The molecule has 1 rings (SSSR count). The standard InChI is InChI=1S/C3H3NO.BO2.Mg.H2O/c1-2-5-3-4-1;2-1-3;;/h1-3H;;;1H2/q;-2;+2;. The number of hydrogen-bond acceptors (Lipinski definition) is 4. The molecule has 0 spiro atoms. The molecule has 0 amide bonds. The second-order valence-corrected chi connectivity index (χ2v) is 0.772. The fraction of sp³-hybridized carbons (Fsp3) is 0. The predicted octanol–water partition coefficient (Wildman–Crippen LogP) is -3.29. The van der Waals surface area contributed by atoms with Crippen LogP contribution in [-0.2, 0) is 0 Å². The van der Waals surface area contributed by atoms with Crippen molar-refractivity contribution in [3.63, 3.8) is 0 Å². The van der Waals surface area contributed by atoms with E-state index in [4.69, 9.17) is 10.0 Å². The third-order valence-corrected chi connectivity index (χ3v) is 0.347. The Morgan fingerprint density at radius 3 is 2.00 bits per heavy atom. The summed E-state index contributed by atoms with van der Waals surface area (Å²) in [5.74, 6) is 0. The molecule has 1 aromatic rings. The second kappa shape index (κ2) is 16.0. The summed E-state index contributed by atoms with van der Waals surface area (Å²) in [7, 11) is -0.500. The summed E-state index contributed by atoms with van der Waals surface area (Å²) in [6, 6.07) is 0. The molecule has 0 unspecified atom stereocenters. The van der Waals surface area contributed by atoms with Gasteiger partial charge in [-0.15, -0.1) is 0 Å². The minimum atomic E-state index is -0.500. The third kappa shape index (κ3) is 15.7. The van der Waals surface area contributed by atoms with Crippen LogP contribution in [0.4, 0.5) is 0 Å². The van der Waals surface area contributed by atoms with Gasteiger partial charge in [-0.1, -0.05) is 0 Å². The van der Waals surface area contributed by atoms with Crippen LogP contribution in [0.25, 0.3) is 0 Å². The molecule has 0 aromatic carbocycles. The average molecular weight is 154 g/mol. The summed E-state index contributed by atoms with van der Waals surface area (Å²) in [4.78, 5) is 3.56. The quantitative estimate of drug-likeness (QED) is 0.365. The van der Waals surface area contributed by atoms with Gasteiger partial charge >= 0.3 is 23.1 Å². The Balaban J connectivity index is -0.0000000900. The Labute approximate surface area is 74.8 Å². The van der Waals surface area contributed by atoms with Gasteiger partial charge in [-0.25, -0.2) is 12.7 Å². The van der Waals surface area contributed by atoms with Gasteiger partial charge in [0.15, 0.2) is 6.39 Å². The fourth-order valence-corrected chi connectivity index (χ4v) is 0.176. The van der Waals surface area contributed by atoms with Crippen LogP contribution in [0.2, 0.25) is 0 Å². The first-order valence-electron chi connectivity index (χ1n) is 1.79. The van der Waals surface area contributed by atoms with Crippen LogP contribution >= 0.6 is 0 Å². The topological polar surface area (TPSA) is 104 Å². The molecule has 0 aliphatic carbocycles. The molecule has 0 saturated carbocycles. The summed E-state index contributed by atoms with van der Waals surface area (Å²) in [6.45, 7) is 0. The molecule has 7 heteroatoms. The van der Waals surface area contributed by atoms with E-state index in [1.807, 2.05) is 0 Å². The van der Waals surface area contributed by atoms with Crippen molar-refractivity contribution in [1.82, 2.24) is 4.98 Å². The molecular weight excluding hydrogens is 149 g/mol. The summed E-state index contributed by atoms with van der Waals surface area (Å²) in [5.41, 5.74) is 0. The molecule has 51 valence electrons. The van der Waals surface area contributed by atoms with Crippen molar-refractivity contribution in [2.24, 2.45) is 0 Å². The predicted molar refractivity (Wildman–Crippen MR) is 31.6 cm³/mol. The van der Waals surface area contributed by atoms with E-state index in [1.54, 1.807) is 6.20 Å². The van der Waals surface area contributed by atoms with Crippen molar-refractivity contribution >= 4 is 30.7 Å². The minimum absolute atomic E-state index is 0. The smallest absolute Gasteiger partial charge is 0.900 e. The van der Waals surface area contributed by atoms with E-state index in [0.29, 0.717) is 0 Å². The molecule has 2 N–H and O–H groups in total. The van der Waals surface area contributed by atoms with Gasteiger partial charge in [0.05, 0.1) is 6.20 Å². The summed E-state index contributed by atoms with van der Waals surface area (Å²) < 4.78 is 4.47. The normalized spacial score (nSPS) is 5.40. The van der Waals surface area contributed by atoms with Crippen molar-refractivity contribution in [2.75, 3.05) is 0 Å². The van der Waals surface area contributed by atoms with Crippen molar-refractivity contribution in [2.45, 2.75) is 0 Å². The Kier molecular flexibility index (Phi) is 26.3. The summed E-state index contributed by atoms with van der Waals surface area (Å²) >= 11 is 0. The van der Waals surface area contributed by atoms with E-state index in [9.17, 15) is 0 Å². The molecule has 1 aromatic heterocycles. The van der Waals surface area contributed by atoms with E-state index in [1.165, 1.54) is 12.7 Å². The molecule has 1 heterocycles. The maximum atomic E-state index is 8.25. The average Bonchev–Trinajstić information content (AvgIpc) is 2.17. The van der Waals surface area contributed by atoms with Crippen molar-refractivity contribution in [3.05, 3.63) is 18.9 Å². The SMILES string of the molecule is O.[Mg+2].[O-][B][O-].c1cocn1. The Morgan fingerprint density at radius 2 is 1.90 bits per heavy atom. The first kappa shape index (κ1) is 16.5. The van der Waals surface area contributed by atoms with E-state index in [0.717, 1.165) is 0 Å². The van der Waals surface area contributed by atoms with Gasteiger partial charge in [-0.3, -0.25) is 0 Å². The van der Waals surface area contributed by atoms with Crippen molar-refractivity contribution < 1.29 is 19.9 Å². The number of oxazole rings is 1. The molecule has 0 atom stereocenters. The summed E-state index contributed by atoms with van der Waals surface area (Å²) in [5, 5.41) is 16.5. The molecule has 0 aliphatic rings. The summed E-state index contributed by atoms with van der Waals surface area (Å²) in [6.07, 6.45) is 4.47. The molecule has 0 aliphatic heterocycles. The largest absolute Gasteiger partial charge is 2.00 e. The van der Waals surface area contributed by atoms with Gasteiger partial charge in [-0.05, 0) is 0 Å². The van der Waals surface area contributed by atoms with E-state index in [2.05, 4.69) is 9.40 Å².